The number of hydrogen-bond donors (Lipinski definition) is 2. The fourth-order valence-electron chi connectivity index (χ4n) is 1.93. The van der Waals surface area contributed by atoms with Crippen LogP contribution in [0.4, 0.5) is 14.5 Å². The van der Waals surface area contributed by atoms with Crippen LogP contribution in [0.5, 0.6) is 0 Å². The number of rotatable bonds is 4. The summed E-state index contributed by atoms with van der Waals surface area (Å²) in [6.45, 7) is 1.57. The van der Waals surface area contributed by atoms with Crippen LogP contribution in [0, 0.1) is 18.6 Å². The van der Waals surface area contributed by atoms with Crippen LogP contribution in [0.2, 0.25) is 0 Å². The minimum absolute atomic E-state index is 0.281. The van der Waals surface area contributed by atoms with Crippen molar-refractivity contribution in [3.05, 3.63) is 65.2 Å². The second-order valence-corrected chi connectivity index (χ2v) is 4.41. The number of anilines is 1. The zero-order chi connectivity index (χ0) is 13.8. The third-order valence-corrected chi connectivity index (χ3v) is 2.88. The minimum atomic E-state index is -0.610. The molecule has 2 rings (SSSR count). The minimum Gasteiger partial charge on any atom is -0.394 e. The highest BCUT2D eigenvalue weighted by atomic mass is 19.1. The first-order chi connectivity index (χ1) is 9.10. The second-order valence-electron chi connectivity index (χ2n) is 4.41. The van der Waals surface area contributed by atoms with Crippen LogP contribution < -0.4 is 5.32 Å². The molecule has 0 aliphatic carbocycles. The van der Waals surface area contributed by atoms with Crippen molar-refractivity contribution in [3.8, 4) is 0 Å². The average molecular weight is 263 g/mol. The zero-order valence-corrected chi connectivity index (χ0v) is 10.5. The van der Waals surface area contributed by atoms with E-state index < -0.39 is 11.9 Å². The molecule has 0 amide bonds. The first kappa shape index (κ1) is 13.5. The van der Waals surface area contributed by atoms with E-state index in [1.54, 1.807) is 24.3 Å². The SMILES string of the molecule is Cc1ccc(F)c(C(CO)Nc2cccc(F)c2)c1. The fraction of sp³-hybridized carbons (Fsp3) is 0.200. The van der Waals surface area contributed by atoms with Crippen molar-refractivity contribution in [2.45, 2.75) is 13.0 Å². The van der Waals surface area contributed by atoms with Gasteiger partial charge in [-0.1, -0.05) is 23.8 Å². The molecule has 19 heavy (non-hydrogen) atoms. The van der Waals surface area contributed by atoms with Gasteiger partial charge in [-0.3, -0.25) is 0 Å². The average Bonchev–Trinajstić information content (AvgIpc) is 2.39. The largest absolute Gasteiger partial charge is 0.394 e. The molecule has 1 unspecified atom stereocenters. The number of aliphatic hydroxyl groups excluding tert-OH is 1. The van der Waals surface area contributed by atoms with Crippen LogP contribution in [0.25, 0.3) is 0 Å². The maximum absolute atomic E-state index is 13.8. The lowest BCUT2D eigenvalue weighted by Crippen LogP contribution is -2.16. The van der Waals surface area contributed by atoms with E-state index in [0.717, 1.165) is 5.56 Å². The van der Waals surface area contributed by atoms with Crippen molar-refractivity contribution in [2.24, 2.45) is 0 Å². The van der Waals surface area contributed by atoms with Crippen LogP contribution in [0.15, 0.2) is 42.5 Å². The van der Waals surface area contributed by atoms with Gasteiger partial charge in [-0.05, 0) is 31.2 Å². The first-order valence-electron chi connectivity index (χ1n) is 5.99. The molecule has 0 aliphatic heterocycles. The lowest BCUT2D eigenvalue weighted by atomic mass is 10.0. The third-order valence-electron chi connectivity index (χ3n) is 2.88. The summed E-state index contributed by atoms with van der Waals surface area (Å²) in [5.41, 5.74) is 1.77. The predicted molar refractivity (Wildman–Crippen MR) is 71.0 cm³/mol. The maximum Gasteiger partial charge on any atom is 0.128 e. The standard InChI is InChI=1S/C15H15F2NO/c1-10-5-6-14(17)13(7-10)15(9-19)18-12-4-2-3-11(16)8-12/h2-8,15,18-19H,9H2,1H3. The van der Waals surface area contributed by atoms with Crippen molar-refractivity contribution < 1.29 is 13.9 Å². The van der Waals surface area contributed by atoms with Crippen molar-refractivity contribution >= 4 is 5.69 Å². The van der Waals surface area contributed by atoms with Crippen LogP contribution in [0.1, 0.15) is 17.2 Å². The molecule has 2 aromatic carbocycles. The molecule has 0 saturated heterocycles. The topological polar surface area (TPSA) is 32.3 Å². The van der Waals surface area contributed by atoms with Gasteiger partial charge in [0, 0.05) is 11.3 Å². The molecule has 0 heterocycles. The van der Waals surface area contributed by atoms with Gasteiger partial charge in [0.2, 0.25) is 0 Å². The monoisotopic (exact) mass is 263 g/mol. The highest BCUT2D eigenvalue weighted by Gasteiger charge is 2.15. The number of aryl methyl sites for hydroxylation is 1. The van der Waals surface area contributed by atoms with Crippen LogP contribution in [-0.2, 0) is 0 Å². The van der Waals surface area contributed by atoms with Gasteiger partial charge in [0.1, 0.15) is 11.6 Å². The number of aliphatic hydroxyl groups is 1. The van der Waals surface area contributed by atoms with E-state index in [9.17, 15) is 13.9 Å². The van der Waals surface area contributed by atoms with E-state index in [-0.39, 0.29) is 12.4 Å². The third kappa shape index (κ3) is 3.29. The summed E-state index contributed by atoms with van der Waals surface area (Å²) in [5.74, 6) is -0.778. The predicted octanol–water partition coefficient (Wildman–Crippen LogP) is 3.42. The van der Waals surface area contributed by atoms with Crippen molar-refractivity contribution in [3.63, 3.8) is 0 Å². The lowest BCUT2D eigenvalue weighted by Gasteiger charge is -2.19. The van der Waals surface area contributed by atoms with Gasteiger partial charge in [0.15, 0.2) is 0 Å². The Hall–Kier alpha value is -1.94. The van der Waals surface area contributed by atoms with E-state index in [4.69, 9.17) is 0 Å². The molecule has 4 heteroatoms. The maximum atomic E-state index is 13.8. The van der Waals surface area contributed by atoms with E-state index in [0.29, 0.717) is 11.3 Å². The summed E-state index contributed by atoms with van der Waals surface area (Å²) in [6, 6.07) is 9.93. The number of hydrogen-bond acceptors (Lipinski definition) is 2. The summed E-state index contributed by atoms with van der Waals surface area (Å²) < 4.78 is 26.9. The molecule has 2 nitrogen and oxygen atoms in total. The first-order valence-corrected chi connectivity index (χ1v) is 5.99. The van der Waals surface area contributed by atoms with Crippen molar-refractivity contribution in [2.75, 3.05) is 11.9 Å². The van der Waals surface area contributed by atoms with Gasteiger partial charge in [-0.2, -0.15) is 0 Å². The Morgan fingerprint density at radius 2 is 1.95 bits per heavy atom. The summed E-state index contributed by atoms with van der Waals surface area (Å²) >= 11 is 0. The molecule has 100 valence electrons. The van der Waals surface area contributed by atoms with E-state index in [1.807, 2.05) is 6.92 Å². The lowest BCUT2D eigenvalue weighted by molar-refractivity contribution is 0.274. The van der Waals surface area contributed by atoms with Gasteiger partial charge < -0.3 is 10.4 Å². The van der Waals surface area contributed by atoms with Crippen molar-refractivity contribution in [1.82, 2.24) is 0 Å². The molecule has 0 fully saturated rings. The van der Waals surface area contributed by atoms with Gasteiger partial charge in [-0.15, -0.1) is 0 Å². The summed E-state index contributed by atoms with van der Waals surface area (Å²) in [5, 5.41) is 12.3. The fourth-order valence-corrected chi connectivity index (χ4v) is 1.93. The molecule has 0 radical (unpaired) electrons. The van der Waals surface area contributed by atoms with Gasteiger partial charge >= 0.3 is 0 Å². The zero-order valence-electron chi connectivity index (χ0n) is 10.5. The Balaban J connectivity index is 2.27. The Bertz CT molecular complexity index is 572. The van der Waals surface area contributed by atoms with E-state index in [1.165, 1.54) is 18.2 Å². The summed E-state index contributed by atoms with van der Waals surface area (Å²) in [4.78, 5) is 0. The number of halogens is 2. The Morgan fingerprint density at radius 1 is 1.16 bits per heavy atom. The number of nitrogens with one attached hydrogen (secondary N) is 1. The molecule has 0 aromatic heterocycles. The van der Waals surface area contributed by atoms with Crippen LogP contribution in [-0.4, -0.2) is 11.7 Å². The smallest absolute Gasteiger partial charge is 0.128 e. The van der Waals surface area contributed by atoms with Crippen LogP contribution in [0.3, 0.4) is 0 Å². The van der Waals surface area contributed by atoms with Crippen molar-refractivity contribution in [1.29, 1.82) is 0 Å². The van der Waals surface area contributed by atoms with Gasteiger partial charge in [0.05, 0.1) is 12.6 Å². The van der Waals surface area contributed by atoms with Crippen LogP contribution >= 0.6 is 0 Å². The highest BCUT2D eigenvalue weighted by Crippen LogP contribution is 2.23. The molecule has 0 saturated carbocycles. The molecular formula is C15H15F2NO. The Morgan fingerprint density at radius 3 is 2.63 bits per heavy atom. The normalized spacial score (nSPS) is 12.2. The molecule has 0 aliphatic rings. The highest BCUT2D eigenvalue weighted by molar-refractivity contribution is 5.46. The quantitative estimate of drug-likeness (QED) is 0.886. The Labute approximate surface area is 110 Å². The summed E-state index contributed by atoms with van der Waals surface area (Å²) in [7, 11) is 0. The summed E-state index contributed by atoms with van der Waals surface area (Å²) in [6.07, 6.45) is 0. The van der Waals surface area contributed by atoms with Gasteiger partial charge in [0.25, 0.3) is 0 Å². The second kappa shape index (κ2) is 5.80. The molecular weight excluding hydrogens is 248 g/mol. The molecule has 2 N–H and O–H groups in total. The Kier molecular flexibility index (Phi) is 4.12. The molecule has 0 bridgehead atoms. The van der Waals surface area contributed by atoms with Gasteiger partial charge in [-0.25, -0.2) is 8.78 Å². The molecule has 0 spiro atoms. The van der Waals surface area contributed by atoms with E-state index in [2.05, 4.69) is 5.32 Å². The molecule has 2 aromatic rings. The number of benzene rings is 2. The van der Waals surface area contributed by atoms with E-state index >= 15 is 0 Å². The molecule has 1 atom stereocenters.